The van der Waals surface area contributed by atoms with Gasteiger partial charge in [-0.05, 0) is 28.1 Å². The summed E-state index contributed by atoms with van der Waals surface area (Å²) in [7, 11) is 1.11. The molecule has 0 aromatic heterocycles. The first-order valence-corrected chi connectivity index (χ1v) is 6.13. The van der Waals surface area contributed by atoms with Gasteiger partial charge >= 0.3 is 5.97 Å². The Kier molecular flexibility index (Phi) is 5.59. The van der Waals surface area contributed by atoms with Crippen LogP contribution in [0.15, 0.2) is 22.7 Å². The van der Waals surface area contributed by atoms with Gasteiger partial charge in [-0.3, -0.25) is 14.9 Å². The van der Waals surface area contributed by atoms with Gasteiger partial charge in [0.2, 0.25) is 0 Å². The predicted octanol–water partition coefficient (Wildman–Crippen LogP) is 0.621. The number of hydrogen-bond donors (Lipinski definition) is 2. The molecular weight excluding hydrogens is 336 g/mol. The number of nitrogens with one attached hydrogen (secondary N) is 1. The summed E-state index contributed by atoms with van der Waals surface area (Å²) in [5.74, 6) is -1.54. The van der Waals surface area contributed by atoms with E-state index in [0.29, 0.717) is 0 Å². The van der Waals surface area contributed by atoms with Crippen molar-refractivity contribution in [3.05, 3.63) is 38.3 Å². The molecule has 0 bridgehead atoms. The number of nitro groups is 1. The maximum atomic E-state index is 11.9. The van der Waals surface area contributed by atoms with Gasteiger partial charge in [0.05, 0.1) is 23.1 Å². The van der Waals surface area contributed by atoms with Gasteiger partial charge in [-0.1, -0.05) is 0 Å². The number of nitro benzene ring substituents is 1. The highest BCUT2D eigenvalue weighted by molar-refractivity contribution is 9.10. The van der Waals surface area contributed by atoms with Crippen LogP contribution in [0.3, 0.4) is 0 Å². The molecule has 0 radical (unpaired) electrons. The number of nitrogens with zero attached hydrogens (tertiary/aromatic N) is 1. The van der Waals surface area contributed by atoms with E-state index in [-0.39, 0.29) is 15.7 Å². The summed E-state index contributed by atoms with van der Waals surface area (Å²) in [6.45, 7) is -0.642. The Labute approximate surface area is 122 Å². The lowest BCUT2D eigenvalue weighted by Crippen LogP contribution is -2.44. The van der Waals surface area contributed by atoms with Gasteiger partial charge in [-0.2, -0.15) is 0 Å². The monoisotopic (exact) mass is 346 g/mol. The van der Waals surface area contributed by atoms with E-state index in [1.165, 1.54) is 12.1 Å². The fourth-order valence-electron chi connectivity index (χ4n) is 1.36. The summed E-state index contributed by atoms with van der Waals surface area (Å²) in [5.41, 5.74) is -0.293. The van der Waals surface area contributed by atoms with Crippen LogP contribution in [0.2, 0.25) is 0 Å². The van der Waals surface area contributed by atoms with Crippen LogP contribution in [0.1, 0.15) is 10.4 Å². The molecule has 0 aliphatic carbocycles. The molecule has 0 aliphatic heterocycles. The van der Waals surface area contributed by atoms with Crippen LogP contribution in [0.4, 0.5) is 5.69 Å². The van der Waals surface area contributed by atoms with Crippen LogP contribution in [0.25, 0.3) is 0 Å². The number of hydrogen-bond acceptors (Lipinski definition) is 6. The fourth-order valence-corrected chi connectivity index (χ4v) is 1.75. The predicted molar refractivity (Wildman–Crippen MR) is 71.2 cm³/mol. The molecule has 1 atom stereocenters. The van der Waals surface area contributed by atoms with Crippen molar-refractivity contribution in [2.24, 2.45) is 0 Å². The molecule has 1 amide bonds. The Morgan fingerprint density at radius 2 is 2.20 bits per heavy atom. The quantitative estimate of drug-likeness (QED) is 0.458. The Hall–Kier alpha value is -2.00. The first-order valence-electron chi connectivity index (χ1n) is 5.34. The van der Waals surface area contributed by atoms with Gasteiger partial charge in [0.25, 0.3) is 11.6 Å². The highest BCUT2D eigenvalue weighted by atomic mass is 79.9. The minimum atomic E-state index is -1.23. The number of esters is 1. The molecule has 0 saturated heterocycles. The first kappa shape index (κ1) is 16.1. The Bertz CT molecular complexity index is 548. The van der Waals surface area contributed by atoms with Crippen molar-refractivity contribution in [2.45, 2.75) is 6.04 Å². The highest BCUT2D eigenvalue weighted by Crippen LogP contribution is 2.25. The molecule has 1 unspecified atom stereocenters. The second-order valence-electron chi connectivity index (χ2n) is 3.66. The molecule has 0 spiro atoms. The van der Waals surface area contributed by atoms with Gasteiger partial charge in [0.1, 0.15) is 0 Å². The third-order valence-electron chi connectivity index (χ3n) is 2.38. The highest BCUT2D eigenvalue weighted by Gasteiger charge is 2.22. The van der Waals surface area contributed by atoms with Crippen molar-refractivity contribution in [2.75, 3.05) is 13.7 Å². The first-order chi connectivity index (χ1) is 9.40. The molecule has 20 heavy (non-hydrogen) atoms. The van der Waals surface area contributed by atoms with E-state index in [1.54, 1.807) is 0 Å². The van der Waals surface area contributed by atoms with E-state index in [1.807, 2.05) is 0 Å². The number of methoxy groups -OCH3 is 1. The molecule has 108 valence electrons. The number of rotatable bonds is 5. The van der Waals surface area contributed by atoms with Gasteiger partial charge < -0.3 is 15.2 Å². The lowest BCUT2D eigenvalue weighted by atomic mass is 10.1. The second-order valence-corrected chi connectivity index (χ2v) is 4.51. The molecule has 1 aromatic carbocycles. The van der Waals surface area contributed by atoms with E-state index in [0.717, 1.165) is 13.2 Å². The smallest absolute Gasteiger partial charge is 0.330 e. The van der Waals surface area contributed by atoms with E-state index in [9.17, 15) is 19.7 Å². The van der Waals surface area contributed by atoms with Crippen molar-refractivity contribution in [3.8, 4) is 0 Å². The zero-order chi connectivity index (χ0) is 15.3. The van der Waals surface area contributed by atoms with Crippen molar-refractivity contribution < 1.29 is 24.4 Å². The standard InChI is InChI=1S/C11H11BrN2O6/c1-20-11(17)8(5-15)13-10(16)6-2-3-7(12)9(4-6)14(18)19/h2-4,8,15H,5H2,1H3,(H,13,16). The van der Waals surface area contributed by atoms with Crippen LogP contribution in [0.5, 0.6) is 0 Å². The number of amides is 1. The third-order valence-corrected chi connectivity index (χ3v) is 3.05. The summed E-state index contributed by atoms with van der Waals surface area (Å²) >= 11 is 2.99. The number of aliphatic hydroxyl groups is 1. The Morgan fingerprint density at radius 3 is 2.70 bits per heavy atom. The number of carbonyl (C=O) groups is 2. The maximum Gasteiger partial charge on any atom is 0.330 e. The van der Waals surface area contributed by atoms with Crippen LogP contribution >= 0.6 is 15.9 Å². The van der Waals surface area contributed by atoms with Gasteiger partial charge in [0, 0.05) is 11.6 Å². The molecule has 1 rings (SSSR count). The largest absolute Gasteiger partial charge is 0.467 e. The van der Waals surface area contributed by atoms with E-state index >= 15 is 0 Å². The van der Waals surface area contributed by atoms with Crippen LogP contribution in [-0.4, -0.2) is 41.7 Å². The molecule has 1 aromatic rings. The molecule has 8 nitrogen and oxygen atoms in total. The molecule has 0 saturated carbocycles. The third kappa shape index (κ3) is 3.75. The number of halogens is 1. The topological polar surface area (TPSA) is 119 Å². The molecule has 9 heteroatoms. The second kappa shape index (κ2) is 6.96. The molecule has 0 heterocycles. The van der Waals surface area contributed by atoms with Gasteiger partial charge in [-0.15, -0.1) is 0 Å². The number of aliphatic hydroxyl groups excluding tert-OH is 1. The Balaban J connectivity index is 2.95. The van der Waals surface area contributed by atoms with Gasteiger partial charge in [-0.25, -0.2) is 4.79 Å². The molecule has 0 fully saturated rings. The van der Waals surface area contributed by atoms with E-state index in [4.69, 9.17) is 5.11 Å². The molecular formula is C11H11BrN2O6. The van der Waals surface area contributed by atoms with Crippen molar-refractivity contribution >= 4 is 33.5 Å². The lowest BCUT2D eigenvalue weighted by molar-refractivity contribution is -0.385. The minimum Gasteiger partial charge on any atom is -0.467 e. The average Bonchev–Trinajstić information content (AvgIpc) is 2.43. The SMILES string of the molecule is COC(=O)C(CO)NC(=O)c1ccc(Br)c([N+](=O)[O-])c1. The fraction of sp³-hybridized carbons (Fsp3) is 0.273. The number of ether oxygens (including phenoxy) is 1. The number of benzene rings is 1. The van der Waals surface area contributed by atoms with Crippen LogP contribution in [0, 0.1) is 10.1 Å². The minimum absolute atomic E-state index is 0.0118. The maximum absolute atomic E-state index is 11.9. The molecule has 0 aliphatic rings. The average molecular weight is 347 g/mol. The van der Waals surface area contributed by atoms with Crippen molar-refractivity contribution in [1.82, 2.24) is 5.32 Å². The van der Waals surface area contributed by atoms with Crippen molar-refractivity contribution in [3.63, 3.8) is 0 Å². The normalized spacial score (nSPS) is 11.6. The van der Waals surface area contributed by atoms with E-state index < -0.39 is 29.4 Å². The van der Waals surface area contributed by atoms with Gasteiger partial charge in [0.15, 0.2) is 6.04 Å². The summed E-state index contributed by atoms with van der Waals surface area (Å²) in [6.07, 6.45) is 0. The van der Waals surface area contributed by atoms with Crippen molar-refractivity contribution in [1.29, 1.82) is 0 Å². The summed E-state index contributed by atoms with van der Waals surface area (Å²) in [5, 5.41) is 22.0. The number of carbonyl (C=O) groups excluding carboxylic acids is 2. The summed E-state index contributed by atoms with van der Waals surface area (Å²) in [6, 6.07) is 2.53. The van der Waals surface area contributed by atoms with E-state index in [2.05, 4.69) is 26.0 Å². The summed E-state index contributed by atoms with van der Waals surface area (Å²) in [4.78, 5) is 33.2. The van der Waals surface area contributed by atoms with Crippen LogP contribution in [-0.2, 0) is 9.53 Å². The summed E-state index contributed by atoms with van der Waals surface area (Å²) < 4.78 is 4.62. The lowest BCUT2D eigenvalue weighted by Gasteiger charge is -2.13. The van der Waals surface area contributed by atoms with Crippen LogP contribution < -0.4 is 5.32 Å². The zero-order valence-electron chi connectivity index (χ0n) is 10.3. The Morgan fingerprint density at radius 1 is 1.55 bits per heavy atom. The zero-order valence-corrected chi connectivity index (χ0v) is 11.9. The molecule has 2 N–H and O–H groups in total.